The molecule has 0 unspecified atom stereocenters. The first-order valence-electron chi connectivity index (χ1n) is 7.25. The average Bonchev–Trinajstić information content (AvgIpc) is 3.13. The lowest BCUT2D eigenvalue weighted by atomic mass is 10.1. The molecule has 1 N–H and O–H groups in total. The Labute approximate surface area is 143 Å². The Kier molecular flexibility index (Phi) is 6.51. The van der Waals surface area contributed by atoms with Crippen molar-refractivity contribution in [3.8, 4) is 5.75 Å². The molecule has 0 atom stereocenters. The van der Waals surface area contributed by atoms with Crippen LogP contribution in [0.25, 0.3) is 0 Å². The molecule has 6 nitrogen and oxygen atoms in total. The number of imide groups is 1. The highest BCUT2D eigenvalue weighted by Gasteiger charge is 2.13. The zero-order valence-electron chi connectivity index (χ0n) is 13.1. The molecule has 0 aliphatic carbocycles. The summed E-state index contributed by atoms with van der Waals surface area (Å²) < 4.78 is 10.1. The third-order valence-corrected chi connectivity index (χ3v) is 4.02. The quantitative estimate of drug-likeness (QED) is 0.777. The number of rotatable bonds is 7. The smallest absolute Gasteiger partial charge is 0.306 e. The van der Waals surface area contributed by atoms with Crippen LogP contribution in [0.15, 0.2) is 41.8 Å². The minimum absolute atomic E-state index is 0.118. The molecule has 0 saturated carbocycles. The van der Waals surface area contributed by atoms with Crippen molar-refractivity contribution in [2.75, 3.05) is 13.7 Å². The van der Waals surface area contributed by atoms with Crippen LogP contribution in [0.4, 0.5) is 0 Å². The largest absolute Gasteiger partial charge is 0.496 e. The molecule has 2 aromatic rings. The van der Waals surface area contributed by atoms with Crippen LogP contribution in [0.2, 0.25) is 0 Å². The summed E-state index contributed by atoms with van der Waals surface area (Å²) in [5, 5.41) is 3.90. The summed E-state index contributed by atoms with van der Waals surface area (Å²) in [6.07, 6.45) is 0.561. The van der Waals surface area contributed by atoms with Crippen LogP contribution >= 0.6 is 11.3 Å². The second kappa shape index (κ2) is 8.83. The zero-order valence-corrected chi connectivity index (χ0v) is 13.9. The molecule has 2 rings (SSSR count). The first-order valence-corrected chi connectivity index (χ1v) is 8.13. The van der Waals surface area contributed by atoms with Gasteiger partial charge in [0.2, 0.25) is 0 Å². The van der Waals surface area contributed by atoms with E-state index in [4.69, 9.17) is 9.47 Å². The van der Waals surface area contributed by atoms with Crippen molar-refractivity contribution in [3.05, 3.63) is 52.2 Å². The predicted molar refractivity (Wildman–Crippen MR) is 89.1 cm³/mol. The van der Waals surface area contributed by atoms with Crippen LogP contribution in [0.3, 0.4) is 0 Å². The lowest BCUT2D eigenvalue weighted by Crippen LogP contribution is -2.33. The number of aryl methyl sites for hydroxylation is 1. The lowest BCUT2D eigenvalue weighted by Gasteiger charge is -2.08. The third-order valence-electron chi connectivity index (χ3n) is 3.15. The lowest BCUT2D eigenvalue weighted by molar-refractivity contribution is -0.148. The maximum Gasteiger partial charge on any atom is 0.306 e. The molecule has 2 amide bonds. The van der Waals surface area contributed by atoms with Crippen LogP contribution < -0.4 is 10.1 Å². The normalized spacial score (nSPS) is 10.0. The summed E-state index contributed by atoms with van der Waals surface area (Å²) in [5.41, 5.74) is 0.884. The molecular weight excluding hydrogens is 330 g/mol. The van der Waals surface area contributed by atoms with Gasteiger partial charge in [-0.1, -0.05) is 24.3 Å². The fourth-order valence-electron chi connectivity index (χ4n) is 2.00. The van der Waals surface area contributed by atoms with Crippen molar-refractivity contribution < 1.29 is 23.9 Å². The Balaban J connectivity index is 1.73. The number of para-hydroxylation sites is 1. The first kappa shape index (κ1) is 17.7. The van der Waals surface area contributed by atoms with Gasteiger partial charge in [-0.05, 0) is 29.5 Å². The molecule has 1 heterocycles. The highest BCUT2D eigenvalue weighted by Crippen LogP contribution is 2.18. The summed E-state index contributed by atoms with van der Waals surface area (Å²) in [5.74, 6) is -0.969. The maximum absolute atomic E-state index is 11.7. The average molecular weight is 347 g/mol. The number of ether oxygens (including phenoxy) is 2. The zero-order chi connectivity index (χ0) is 17.4. The van der Waals surface area contributed by atoms with Gasteiger partial charge in [-0.15, -0.1) is 11.3 Å². The van der Waals surface area contributed by atoms with E-state index in [0.717, 1.165) is 5.56 Å². The number of carbonyl (C=O) groups excluding carboxylic acids is 3. The Bertz CT molecular complexity index is 712. The molecule has 24 heavy (non-hydrogen) atoms. The highest BCUT2D eigenvalue weighted by atomic mass is 32.1. The van der Waals surface area contributed by atoms with Crippen LogP contribution in [0.1, 0.15) is 21.7 Å². The molecule has 0 spiro atoms. The van der Waals surface area contributed by atoms with Crippen molar-refractivity contribution in [1.82, 2.24) is 5.32 Å². The maximum atomic E-state index is 11.7. The van der Waals surface area contributed by atoms with Crippen LogP contribution in [-0.4, -0.2) is 31.5 Å². The second-order valence-corrected chi connectivity index (χ2v) is 5.77. The molecular formula is C17H17NO5S. The number of methoxy groups -OCH3 is 1. The van der Waals surface area contributed by atoms with Gasteiger partial charge in [0.15, 0.2) is 6.61 Å². The fourth-order valence-corrected chi connectivity index (χ4v) is 2.62. The second-order valence-electron chi connectivity index (χ2n) is 4.83. The Hall–Kier alpha value is -2.67. The van der Waals surface area contributed by atoms with Crippen molar-refractivity contribution in [2.24, 2.45) is 0 Å². The molecule has 0 aliphatic rings. The van der Waals surface area contributed by atoms with Crippen molar-refractivity contribution in [1.29, 1.82) is 0 Å². The van der Waals surface area contributed by atoms with Gasteiger partial charge in [0.1, 0.15) is 5.75 Å². The number of hydrogen-bond donors (Lipinski definition) is 1. The third kappa shape index (κ3) is 5.20. The first-order chi connectivity index (χ1) is 11.6. The number of nitrogens with one attached hydrogen (secondary N) is 1. The van der Waals surface area contributed by atoms with Gasteiger partial charge in [-0.3, -0.25) is 19.7 Å². The fraction of sp³-hybridized carbons (Fsp3) is 0.235. The van der Waals surface area contributed by atoms with Gasteiger partial charge in [0.05, 0.1) is 12.0 Å². The molecule has 0 fully saturated rings. The standard InChI is InChI=1S/C17H17NO5S/c1-22-13-6-3-2-5-12(13)8-9-16(20)23-11-15(19)18-17(21)14-7-4-10-24-14/h2-7,10H,8-9,11H2,1H3,(H,18,19,21). The van der Waals surface area contributed by atoms with Gasteiger partial charge < -0.3 is 9.47 Å². The molecule has 0 radical (unpaired) electrons. The highest BCUT2D eigenvalue weighted by molar-refractivity contribution is 7.12. The molecule has 0 aliphatic heterocycles. The van der Waals surface area contributed by atoms with E-state index in [1.807, 2.05) is 24.3 Å². The van der Waals surface area contributed by atoms with E-state index < -0.39 is 24.4 Å². The SMILES string of the molecule is COc1ccccc1CCC(=O)OCC(=O)NC(=O)c1cccs1. The van der Waals surface area contributed by atoms with Gasteiger partial charge in [0, 0.05) is 6.42 Å². The monoisotopic (exact) mass is 347 g/mol. The summed E-state index contributed by atoms with van der Waals surface area (Å²) in [4.78, 5) is 35.4. The minimum Gasteiger partial charge on any atom is -0.496 e. The van der Waals surface area contributed by atoms with Crippen molar-refractivity contribution >= 4 is 29.1 Å². The number of amides is 2. The molecule has 1 aromatic carbocycles. The topological polar surface area (TPSA) is 81.7 Å². The van der Waals surface area contributed by atoms with Gasteiger partial charge in [-0.25, -0.2) is 0 Å². The predicted octanol–water partition coefficient (Wildman–Crippen LogP) is 2.19. The van der Waals surface area contributed by atoms with E-state index >= 15 is 0 Å². The van der Waals surface area contributed by atoms with Gasteiger partial charge in [0.25, 0.3) is 11.8 Å². The number of carbonyl (C=O) groups is 3. The van der Waals surface area contributed by atoms with E-state index in [1.165, 1.54) is 11.3 Å². The number of hydrogen-bond acceptors (Lipinski definition) is 6. The molecule has 7 heteroatoms. The minimum atomic E-state index is -0.654. The van der Waals surface area contributed by atoms with Crippen LogP contribution in [-0.2, 0) is 20.7 Å². The van der Waals surface area contributed by atoms with Gasteiger partial charge >= 0.3 is 5.97 Å². The Morgan fingerprint density at radius 3 is 2.62 bits per heavy atom. The summed E-state index contributed by atoms with van der Waals surface area (Å²) >= 11 is 1.22. The van der Waals surface area contributed by atoms with E-state index in [-0.39, 0.29) is 6.42 Å². The van der Waals surface area contributed by atoms with Gasteiger partial charge in [-0.2, -0.15) is 0 Å². The van der Waals surface area contributed by atoms with Crippen LogP contribution in [0.5, 0.6) is 5.75 Å². The van der Waals surface area contributed by atoms with E-state index in [0.29, 0.717) is 17.0 Å². The molecule has 0 bridgehead atoms. The Morgan fingerprint density at radius 1 is 1.12 bits per heavy atom. The molecule has 0 saturated heterocycles. The summed E-state index contributed by atoms with van der Waals surface area (Å²) in [7, 11) is 1.56. The van der Waals surface area contributed by atoms with E-state index in [2.05, 4.69) is 5.32 Å². The Morgan fingerprint density at radius 2 is 1.92 bits per heavy atom. The van der Waals surface area contributed by atoms with E-state index in [1.54, 1.807) is 24.6 Å². The van der Waals surface area contributed by atoms with Crippen molar-refractivity contribution in [2.45, 2.75) is 12.8 Å². The number of benzene rings is 1. The summed E-state index contributed by atoms with van der Waals surface area (Å²) in [6, 6.07) is 10.7. The van der Waals surface area contributed by atoms with E-state index in [9.17, 15) is 14.4 Å². The molecule has 126 valence electrons. The number of thiophene rings is 1. The summed E-state index contributed by atoms with van der Waals surface area (Å²) in [6.45, 7) is -0.484. The van der Waals surface area contributed by atoms with Crippen LogP contribution in [0, 0.1) is 0 Å². The molecule has 1 aromatic heterocycles. The number of esters is 1. The van der Waals surface area contributed by atoms with Crippen molar-refractivity contribution in [3.63, 3.8) is 0 Å².